The summed E-state index contributed by atoms with van der Waals surface area (Å²) in [6.07, 6.45) is 8.38. The van der Waals surface area contributed by atoms with Gasteiger partial charge in [-0.1, -0.05) is 42.5 Å². The van der Waals surface area contributed by atoms with Gasteiger partial charge in [0.15, 0.2) is 0 Å². The van der Waals surface area contributed by atoms with Gasteiger partial charge in [0, 0.05) is 12.5 Å². The van der Waals surface area contributed by atoms with Crippen LogP contribution in [0.2, 0.25) is 0 Å². The summed E-state index contributed by atoms with van der Waals surface area (Å²) in [5, 5.41) is 0. The molecule has 0 aromatic rings. The Morgan fingerprint density at radius 3 is 2.52 bits per heavy atom. The summed E-state index contributed by atoms with van der Waals surface area (Å²) in [4.78, 5) is 12.8. The van der Waals surface area contributed by atoms with Crippen molar-refractivity contribution in [3.63, 3.8) is 0 Å². The van der Waals surface area contributed by atoms with Crippen molar-refractivity contribution in [2.75, 3.05) is 33.7 Å². The molecule has 0 aliphatic heterocycles. The van der Waals surface area contributed by atoms with E-state index in [1.54, 1.807) is 7.11 Å². The van der Waals surface area contributed by atoms with Gasteiger partial charge in [-0.2, -0.15) is 0 Å². The van der Waals surface area contributed by atoms with Crippen molar-refractivity contribution in [1.29, 1.82) is 0 Å². The predicted molar refractivity (Wildman–Crippen MR) is 123 cm³/mol. The van der Waals surface area contributed by atoms with E-state index < -0.39 is 5.41 Å². The first-order chi connectivity index (χ1) is 14.5. The maximum absolute atomic E-state index is 12.8. The standard InChI is InChI=1S/C26H40O5/c1-18(2)14-30-23-12-20(5)11-22-13-21(9-10-26(22,23)16-29-17-28-8)25(6,7)24(27)31-15-19(3)4/h9-11,21-23H,1,3,12-17H2,2,4-8H3/t21-,22+,23+,26+/m1/s1. The van der Waals surface area contributed by atoms with E-state index in [1.165, 1.54) is 5.57 Å². The third kappa shape index (κ3) is 6.18. The molecule has 0 aromatic heterocycles. The maximum atomic E-state index is 12.8. The zero-order valence-corrected chi connectivity index (χ0v) is 20.2. The summed E-state index contributed by atoms with van der Waals surface area (Å²) in [5.41, 5.74) is 2.19. The Bertz CT molecular complexity index is 732. The second-order valence-electron chi connectivity index (χ2n) is 9.90. The molecule has 0 spiro atoms. The number of rotatable bonds is 11. The summed E-state index contributed by atoms with van der Waals surface area (Å²) < 4.78 is 22.9. The number of ether oxygens (including phenoxy) is 4. The molecule has 0 fully saturated rings. The molecule has 0 heterocycles. The van der Waals surface area contributed by atoms with Crippen molar-refractivity contribution >= 4 is 5.97 Å². The minimum absolute atomic E-state index is 0.0215. The number of carbonyl (C=O) groups is 1. The monoisotopic (exact) mass is 432 g/mol. The quantitative estimate of drug-likeness (QED) is 0.193. The summed E-state index contributed by atoms with van der Waals surface area (Å²) in [6.45, 7) is 19.2. The van der Waals surface area contributed by atoms with Crippen LogP contribution in [-0.2, 0) is 23.7 Å². The number of carbonyl (C=O) groups excluding carboxylic acids is 1. The van der Waals surface area contributed by atoms with E-state index in [9.17, 15) is 4.79 Å². The van der Waals surface area contributed by atoms with Gasteiger partial charge < -0.3 is 18.9 Å². The van der Waals surface area contributed by atoms with E-state index in [2.05, 4.69) is 38.3 Å². The largest absolute Gasteiger partial charge is 0.461 e. The van der Waals surface area contributed by atoms with Crippen LogP contribution in [0.5, 0.6) is 0 Å². The van der Waals surface area contributed by atoms with E-state index in [0.29, 0.717) is 13.2 Å². The van der Waals surface area contributed by atoms with Crippen LogP contribution < -0.4 is 0 Å². The Labute approximate surface area is 188 Å². The highest BCUT2D eigenvalue weighted by Gasteiger charge is 2.51. The minimum Gasteiger partial charge on any atom is -0.461 e. The molecular formula is C26H40O5. The lowest BCUT2D eigenvalue weighted by Gasteiger charge is -2.50. The number of esters is 1. The van der Waals surface area contributed by atoms with E-state index in [1.807, 2.05) is 27.7 Å². The first kappa shape index (κ1) is 25.6. The molecule has 0 saturated heterocycles. The molecule has 174 valence electrons. The van der Waals surface area contributed by atoms with Gasteiger partial charge in [-0.25, -0.2) is 0 Å². The molecule has 2 aliphatic rings. The van der Waals surface area contributed by atoms with Gasteiger partial charge in [-0.3, -0.25) is 4.79 Å². The first-order valence-corrected chi connectivity index (χ1v) is 11.0. The lowest BCUT2D eigenvalue weighted by molar-refractivity contribution is -0.156. The molecule has 5 nitrogen and oxygen atoms in total. The fourth-order valence-electron chi connectivity index (χ4n) is 4.52. The van der Waals surface area contributed by atoms with Crippen LogP contribution in [0.3, 0.4) is 0 Å². The predicted octanol–water partition coefficient (Wildman–Crippen LogP) is 5.24. The Kier molecular flexibility index (Phi) is 8.87. The summed E-state index contributed by atoms with van der Waals surface area (Å²) in [7, 11) is 1.63. The van der Waals surface area contributed by atoms with Crippen molar-refractivity contribution in [2.24, 2.45) is 22.7 Å². The van der Waals surface area contributed by atoms with Gasteiger partial charge in [0.25, 0.3) is 0 Å². The zero-order chi connectivity index (χ0) is 23.2. The average Bonchev–Trinajstić information content (AvgIpc) is 2.70. The highest BCUT2D eigenvalue weighted by atomic mass is 16.7. The first-order valence-electron chi connectivity index (χ1n) is 11.0. The number of hydrogen-bond donors (Lipinski definition) is 0. The van der Waals surface area contributed by atoms with Crippen molar-refractivity contribution in [1.82, 2.24) is 0 Å². The van der Waals surface area contributed by atoms with Gasteiger partial charge in [0.2, 0.25) is 0 Å². The molecule has 0 saturated carbocycles. The molecular weight excluding hydrogens is 392 g/mol. The van der Waals surface area contributed by atoms with Gasteiger partial charge >= 0.3 is 5.97 Å². The summed E-state index contributed by atoms with van der Waals surface area (Å²) in [5.74, 6) is 0.0472. The lowest BCUT2D eigenvalue weighted by Crippen LogP contribution is -2.51. The molecule has 4 atom stereocenters. The van der Waals surface area contributed by atoms with Gasteiger partial charge in [-0.15, -0.1) is 0 Å². The molecule has 0 bridgehead atoms. The topological polar surface area (TPSA) is 54.0 Å². The molecule has 0 aromatic carbocycles. The SMILES string of the molecule is C=C(C)COC(=O)C(C)(C)[C@@H]1C=C[C@@]2(COCOC)[C@@H](OCC(=C)C)CC(C)=C[C@H]2C1. The van der Waals surface area contributed by atoms with E-state index in [4.69, 9.17) is 18.9 Å². The number of methoxy groups -OCH3 is 1. The summed E-state index contributed by atoms with van der Waals surface area (Å²) in [6, 6.07) is 0. The Balaban J connectivity index is 2.33. The van der Waals surface area contributed by atoms with Crippen LogP contribution >= 0.6 is 0 Å². The van der Waals surface area contributed by atoms with E-state index in [-0.39, 0.29) is 42.7 Å². The average molecular weight is 433 g/mol. The molecule has 2 rings (SSSR count). The fraction of sp³-hybridized carbons (Fsp3) is 0.654. The van der Waals surface area contributed by atoms with Crippen molar-refractivity contribution in [3.05, 3.63) is 48.1 Å². The molecule has 0 unspecified atom stereocenters. The van der Waals surface area contributed by atoms with E-state index in [0.717, 1.165) is 24.0 Å². The Hall–Kier alpha value is -1.69. The highest BCUT2D eigenvalue weighted by molar-refractivity contribution is 5.77. The molecule has 2 aliphatic carbocycles. The molecule has 5 heteroatoms. The molecule has 0 amide bonds. The highest BCUT2D eigenvalue weighted by Crippen LogP contribution is 2.52. The van der Waals surface area contributed by atoms with Crippen LogP contribution in [-0.4, -0.2) is 45.8 Å². The minimum atomic E-state index is -0.640. The maximum Gasteiger partial charge on any atom is 0.312 e. The number of hydrogen-bond acceptors (Lipinski definition) is 5. The van der Waals surface area contributed by atoms with Gasteiger partial charge in [0.1, 0.15) is 13.4 Å². The molecule has 0 N–H and O–H groups in total. The van der Waals surface area contributed by atoms with Crippen LogP contribution in [0.25, 0.3) is 0 Å². The third-order valence-corrected chi connectivity index (χ3v) is 6.42. The fourth-order valence-corrected chi connectivity index (χ4v) is 4.52. The van der Waals surface area contributed by atoms with Crippen LogP contribution in [0.4, 0.5) is 0 Å². The molecule has 31 heavy (non-hydrogen) atoms. The Morgan fingerprint density at radius 1 is 1.23 bits per heavy atom. The Morgan fingerprint density at radius 2 is 1.90 bits per heavy atom. The van der Waals surface area contributed by atoms with Gasteiger partial charge in [0.05, 0.1) is 24.7 Å². The molecule has 0 radical (unpaired) electrons. The van der Waals surface area contributed by atoms with Crippen LogP contribution in [0, 0.1) is 22.7 Å². The normalized spacial score (nSPS) is 27.9. The summed E-state index contributed by atoms with van der Waals surface area (Å²) >= 11 is 0. The smallest absolute Gasteiger partial charge is 0.312 e. The second-order valence-corrected chi connectivity index (χ2v) is 9.90. The second kappa shape index (κ2) is 10.8. The van der Waals surface area contributed by atoms with Crippen molar-refractivity contribution in [3.8, 4) is 0 Å². The van der Waals surface area contributed by atoms with Gasteiger partial charge in [-0.05, 0) is 64.9 Å². The van der Waals surface area contributed by atoms with Crippen LogP contribution in [0.1, 0.15) is 47.5 Å². The number of fused-ring (bicyclic) bond motifs is 1. The van der Waals surface area contributed by atoms with E-state index >= 15 is 0 Å². The lowest BCUT2D eigenvalue weighted by atomic mass is 9.57. The van der Waals surface area contributed by atoms with Crippen molar-refractivity contribution < 1.29 is 23.7 Å². The third-order valence-electron chi connectivity index (χ3n) is 6.42. The number of allylic oxidation sites excluding steroid dienone is 2. The zero-order valence-electron chi connectivity index (χ0n) is 20.2. The van der Waals surface area contributed by atoms with Crippen LogP contribution in [0.15, 0.2) is 48.1 Å². The van der Waals surface area contributed by atoms with Crippen molar-refractivity contribution in [2.45, 2.75) is 53.6 Å².